The second-order valence-electron chi connectivity index (χ2n) is 6.77. The first-order valence-electron chi connectivity index (χ1n) is 7.41. The van der Waals surface area contributed by atoms with Crippen LogP contribution in [0.5, 0.6) is 0 Å². The molecule has 0 radical (unpaired) electrons. The molecule has 1 aliphatic rings. The van der Waals surface area contributed by atoms with E-state index in [2.05, 4.69) is 0 Å². The molecule has 0 spiro atoms. The molecule has 6 nitrogen and oxygen atoms in total. The fraction of sp³-hybridized carbons (Fsp3) is 0.800. The van der Waals surface area contributed by atoms with Crippen molar-refractivity contribution >= 4 is 17.8 Å². The van der Waals surface area contributed by atoms with Gasteiger partial charge in [-0.2, -0.15) is 0 Å². The van der Waals surface area contributed by atoms with Crippen LogP contribution in [0.15, 0.2) is 0 Å². The molecule has 0 aromatic carbocycles. The van der Waals surface area contributed by atoms with Crippen molar-refractivity contribution in [3.05, 3.63) is 0 Å². The van der Waals surface area contributed by atoms with Gasteiger partial charge in [0.2, 0.25) is 11.8 Å². The van der Waals surface area contributed by atoms with Crippen LogP contribution in [0.4, 0.5) is 0 Å². The van der Waals surface area contributed by atoms with Gasteiger partial charge in [0.05, 0.1) is 6.42 Å². The first-order valence-corrected chi connectivity index (χ1v) is 7.41. The average molecular weight is 298 g/mol. The zero-order valence-electron chi connectivity index (χ0n) is 13.4. The Hall–Kier alpha value is -1.59. The Morgan fingerprint density at radius 1 is 1.00 bits per heavy atom. The molecule has 1 N–H and O–H groups in total. The Bertz CT molecular complexity index is 410. The predicted molar refractivity (Wildman–Crippen MR) is 78.6 cm³/mol. The standard InChI is InChI=1S/C15H26N2O4/c1-11(2)14(21)17-7-5-16(6-8-17)12(18)9-15(3,4)10-13(19)20/h11H,5-10H2,1-4H3,(H,19,20). The fourth-order valence-corrected chi connectivity index (χ4v) is 2.53. The largest absolute Gasteiger partial charge is 0.481 e. The van der Waals surface area contributed by atoms with Crippen LogP contribution in [-0.4, -0.2) is 58.9 Å². The van der Waals surface area contributed by atoms with Crippen LogP contribution in [0.25, 0.3) is 0 Å². The molecule has 21 heavy (non-hydrogen) atoms. The first kappa shape index (κ1) is 17.5. The second-order valence-corrected chi connectivity index (χ2v) is 6.77. The zero-order valence-corrected chi connectivity index (χ0v) is 13.4. The van der Waals surface area contributed by atoms with Crippen molar-refractivity contribution in [3.8, 4) is 0 Å². The van der Waals surface area contributed by atoms with E-state index in [1.54, 1.807) is 23.6 Å². The molecule has 2 amide bonds. The minimum atomic E-state index is -0.889. The molecule has 6 heteroatoms. The fourth-order valence-electron chi connectivity index (χ4n) is 2.53. The minimum absolute atomic E-state index is 0.0233. The molecule has 120 valence electrons. The van der Waals surface area contributed by atoms with Crippen LogP contribution < -0.4 is 0 Å². The van der Waals surface area contributed by atoms with Gasteiger partial charge in [0, 0.05) is 38.5 Å². The molecule has 0 saturated carbocycles. The van der Waals surface area contributed by atoms with Crippen molar-refractivity contribution in [2.24, 2.45) is 11.3 Å². The molecular weight excluding hydrogens is 272 g/mol. The maximum Gasteiger partial charge on any atom is 0.303 e. The third kappa shape index (κ3) is 5.36. The Morgan fingerprint density at radius 3 is 1.90 bits per heavy atom. The maximum atomic E-state index is 12.2. The lowest BCUT2D eigenvalue weighted by atomic mass is 9.85. The lowest BCUT2D eigenvalue weighted by molar-refractivity contribution is -0.144. The van der Waals surface area contributed by atoms with Crippen LogP contribution in [-0.2, 0) is 14.4 Å². The number of carboxylic acid groups (broad SMARTS) is 1. The highest BCUT2D eigenvalue weighted by molar-refractivity contribution is 5.80. The summed E-state index contributed by atoms with van der Waals surface area (Å²) in [4.78, 5) is 38.4. The van der Waals surface area contributed by atoms with Gasteiger partial charge in [-0.05, 0) is 5.41 Å². The topological polar surface area (TPSA) is 77.9 Å². The number of hydrogen-bond donors (Lipinski definition) is 1. The number of aliphatic carboxylic acids is 1. The molecule has 1 aliphatic heterocycles. The van der Waals surface area contributed by atoms with Crippen LogP contribution in [0, 0.1) is 11.3 Å². The average Bonchev–Trinajstić information content (AvgIpc) is 2.35. The van der Waals surface area contributed by atoms with Gasteiger partial charge >= 0.3 is 5.97 Å². The molecule has 1 heterocycles. The van der Waals surface area contributed by atoms with E-state index in [4.69, 9.17) is 5.11 Å². The van der Waals surface area contributed by atoms with Gasteiger partial charge in [-0.25, -0.2) is 0 Å². The van der Waals surface area contributed by atoms with E-state index in [0.717, 1.165) is 0 Å². The van der Waals surface area contributed by atoms with Crippen molar-refractivity contribution in [2.75, 3.05) is 26.2 Å². The SMILES string of the molecule is CC(C)C(=O)N1CCN(C(=O)CC(C)(C)CC(=O)O)CC1. The Kier molecular flexibility index (Phi) is 5.75. The van der Waals surface area contributed by atoms with Gasteiger partial charge in [-0.1, -0.05) is 27.7 Å². The molecule has 1 fully saturated rings. The summed E-state index contributed by atoms with van der Waals surface area (Å²) in [5.74, 6) is -0.826. The van der Waals surface area contributed by atoms with Crippen LogP contribution in [0.2, 0.25) is 0 Å². The van der Waals surface area contributed by atoms with Crippen LogP contribution in [0.3, 0.4) is 0 Å². The van der Waals surface area contributed by atoms with E-state index in [9.17, 15) is 14.4 Å². The summed E-state index contributed by atoms with van der Waals surface area (Å²) in [5.41, 5.74) is -0.548. The normalized spacial score (nSPS) is 16.2. The number of nitrogens with zero attached hydrogens (tertiary/aromatic N) is 2. The molecule has 0 aromatic heterocycles. The number of carbonyl (C=O) groups excluding carboxylic acids is 2. The molecule has 0 bridgehead atoms. The first-order chi connectivity index (χ1) is 9.62. The number of rotatable bonds is 5. The number of carbonyl (C=O) groups is 3. The third-order valence-corrected chi connectivity index (χ3v) is 3.70. The molecule has 0 aliphatic carbocycles. The van der Waals surface area contributed by atoms with E-state index in [1.807, 2.05) is 13.8 Å². The summed E-state index contributed by atoms with van der Waals surface area (Å²) in [6.07, 6.45) is 0.196. The summed E-state index contributed by atoms with van der Waals surface area (Å²) in [5, 5.41) is 8.85. The van der Waals surface area contributed by atoms with Crippen molar-refractivity contribution in [1.29, 1.82) is 0 Å². The highest BCUT2D eigenvalue weighted by Gasteiger charge is 2.30. The van der Waals surface area contributed by atoms with E-state index in [-0.39, 0.29) is 30.6 Å². The zero-order chi connectivity index (χ0) is 16.2. The number of piperazine rings is 1. The van der Waals surface area contributed by atoms with Gasteiger partial charge in [0.25, 0.3) is 0 Å². The van der Waals surface area contributed by atoms with Crippen molar-refractivity contribution in [2.45, 2.75) is 40.5 Å². The Morgan fingerprint density at radius 2 is 1.48 bits per heavy atom. The second kappa shape index (κ2) is 6.91. The maximum absolute atomic E-state index is 12.2. The van der Waals surface area contributed by atoms with E-state index in [0.29, 0.717) is 26.2 Å². The molecular formula is C15H26N2O4. The highest BCUT2D eigenvalue weighted by Crippen LogP contribution is 2.26. The van der Waals surface area contributed by atoms with Gasteiger partial charge < -0.3 is 14.9 Å². The summed E-state index contributed by atoms with van der Waals surface area (Å²) in [6, 6.07) is 0. The number of amides is 2. The van der Waals surface area contributed by atoms with E-state index < -0.39 is 11.4 Å². The van der Waals surface area contributed by atoms with Gasteiger partial charge in [0.1, 0.15) is 0 Å². The lowest BCUT2D eigenvalue weighted by Crippen LogP contribution is -2.52. The predicted octanol–water partition coefficient (Wildman–Crippen LogP) is 1.20. The molecule has 0 aromatic rings. The van der Waals surface area contributed by atoms with Crippen molar-refractivity contribution in [1.82, 2.24) is 9.80 Å². The Labute approximate surface area is 126 Å². The molecule has 1 rings (SSSR count). The van der Waals surface area contributed by atoms with E-state index in [1.165, 1.54) is 0 Å². The van der Waals surface area contributed by atoms with Crippen molar-refractivity contribution in [3.63, 3.8) is 0 Å². The van der Waals surface area contributed by atoms with Gasteiger partial charge in [-0.3, -0.25) is 14.4 Å². The molecule has 0 atom stereocenters. The minimum Gasteiger partial charge on any atom is -0.481 e. The Balaban J connectivity index is 2.49. The quantitative estimate of drug-likeness (QED) is 0.827. The third-order valence-electron chi connectivity index (χ3n) is 3.70. The van der Waals surface area contributed by atoms with E-state index >= 15 is 0 Å². The summed E-state index contributed by atoms with van der Waals surface area (Å²) >= 11 is 0. The number of hydrogen-bond acceptors (Lipinski definition) is 3. The monoisotopic (exact) mass is 298 g/mol. The number of carboxylic acids is 1. The smallest absolute Gasteiger partial charge is 0.303 e. The summed E-state index contributed by atoms with van der Waals surface area (Å²) in [7, 11) is 0. The lowest BCUT2D eigenvalue weighted by Gasteiger charge is -2.37. The highest BCUT2D eigenvalue weighted by atomic mass is 16.4. The van der Waals surface area contributed by atoms with Crippen LogP contribution >= 0.6 is 0 Å². The molecule has 1 saturated heterocycles. The summed E-state index contributed by atoms with van der Waals surface area (Å²) < 4.78 is 0. The molecule has 0 unspecified atom stereocenters. The van der Waals surface area contributed by atoms with Gasteiger partial charge in [0.15, 0.2) is 0 Å². The van der Waals surface area contributed by atoms with Gasteiger partial charge in [-0.15, -0.1) is 0 Å². The summed E-state index contributed by atoms with van der Waals surface area (Å²) in [6.45, 7) is 9.49. The van der Waals surface area contributed by atoms with Crippen LogP contribution in [0.1, 0.15) is 40.5 Å². The van der Waals surface area contributed by atoms with Crippen molar-refractivity contribution < 1.29 is 19.5 Å².